The van der Waals surface area contributed by atoms with Crippen molar-refractivity contribution in [2.24, 2.45) is 0 Å². The maximum absolute atomic E-state index is 6.73. The first-order valence-electron chi connectivity index (χ1n) is 1.98. The molecule has 0 fully saturated rings. The topological polar surface area (TPSA) is 38.7 Å². The zero-order valence-electron chi connectivity index (χ0n) is 4.00. The summed E-state index contributed by atoms with van der Waals surface area (Å²) in [5.41, 5.74) is 0. The van der Waals surface area contributed by atoms with Crippen LogP contribution in [0.3, 0.4) is 0 Å². The van der Waals surface area contributed by atoms with Gasteiger partial charge in [-0.2, -0.15) is 0 Å². The van der Waals surface area contributed by atoms with E-state index in [0.29, 0.717) is 0 Å². The Labute approximate surface area is 36.5 Å². The van der Waals surface area contributed by atoms with Gasteiger partial charge in [0.1, 0.15) is 20.3 Å². The lowest BCUT2D eigenvalue weighted by Gasteiger charge is -1.69. The molecule has 3 heteroatoms. The SMILES string of the molecule is [3H]c1ncncn1. The highest BCUT2D eigenvalue weighted by Gasteiger charge is 1.59. The summed E-state index contributed by atoms with van der Waals surface area (Å²) >= 11 is 0. The molecule has 0 radical (unpaired) electrons. The van der Waals surface area contributed by atoms with Gasteiger partial charge < -0.3 is 0 Å². The zero-order chi connectivity index (χ0) is 5.11. The first-order chi connectivity index (χ1) is 3.39. The lowest BCUT2D eigenvalue weighted by atomic mass is 11.1. The molecular weight excluding hydrogens is 78.1 g/mol. The predicted molar refractivity (Wildman–Crippen MR) is 19.8 cm³/mol. The van der Waals surface area contributed by atoms with Crippen LogP contribution >= 0.6 is 0 Å². The van der Waals surface area contributed by atoms with Crippen molar-refractivity contribution >= 4 is 0 Å². The largest absolute Gasteiger partial charge is 0.225 e. The molecule has 3 nitrogen and oxygen atoms in total. The molecule has 0 saturated heterocycles. The molecule has 0 saturated carbocycles. The van der Waals surface area contributed by atoms with Gasteiger partial charge >= 0.3 is 0 Å². The van der Waals surface area contributed by atoms with Crippen molar-refractivity contribution in [1.29, 1.82) is 0 Å². The van der Waals surface area contributed by atoms with Gasteiger partial charge in [-0.05, 0) is 0 Å². The Morgan fingerprint density at radius 1 is 1.17 bits per heavy atom. The van der Waals surface area contributed by atoms with Crippen LogP contribution in [0.1, 0.15) is 1.37 Å². The second-order valence-electron chi connectivity index (χ2n) is 0.738. The minimum atomic E-state index is 0.00926. The highest BCUT2D eigenvalue weighted by Crippen LogP contribution is 1.57. The van der Waals surface area contributed by atoms with E-state index in [0.717, 1.165) is 0 Å². The molecule has 0 unspecified atom stereocenters. The van der Waals surface area contributed by atoms with Crippen LogP contribution in [0.4, 0.5) is 0 Å². The van der Waals surface area contributed by atoms with Gasteiger partial charge in [0, 0.05) is 0 Å². The third-order valence-electron chi connectivity index (χ3n) is 0.364. The Morgan fingerprint density at radius 2 is 1.83 bits per heavy atom. The fraction of sp³-hybridized carbons (Fsp3) is 0. The monoisotopic (exact) mass is 83.0 g/mol. The highest BCUT2D eigenvalue weighted by molar-refractivity contribution is 4.51. The molecule has 0 aliphatic carbocycles. The molecule has 0 N–H and O–H groups in total. The molecule has 1 heterocycles. The molecule has 30 valence electrons. The Bertz CT molecular complexity index is 140. The molecule has 0 amide bonds. The fourth-order valence-electron chi connectivity index (χ4n) is 0.181. The molecular formula is C3H3N3. The quantitative estimate of drug-likeness (QED) is 0.438. The van der Waals surface area contributed by atoms with Gasteiger partial charge in [-0.25, -0.2) is 15.0 Å². The van der Waals surface area contributed by atoms with E-state index in [1.807, 2.05) is 0 Å². The van der Waals surface area contributed by atoms with Crippen molar-refractivity contribution in [3.63, 3.8) is 0 Å². The van der Waals surface area contributed by atoms with Gasteiger partial charge in [0.15, 0.2) is 0 Å². The Morgan fingerprint density at radius 3 is 2.17 bits per heavy atom. The summed E-state index contributed by atoms with van der Waals surface area (Å²) in [7, 11) is 0. The Hall–Kier alpha value is -0.990. The molecule has 1 aromatic rings. The van der Waals surface area contributed by atoms with E-state index in [2.05, 4.69) is 15.0 Å². The van der Waals surface area contributed by atoms with E-state index in [1.54, 1.807) is 0 Å². The van der Waals surface area contributed by atoms with Crippen molar-refractivity contribution in [2.45, 2.75) is 0 Å². The van der Waals surface area contributed by atoms with E-state index < -0.39 is 0 Å². The van der Waals surface area contributed by atoms with Crippen LogP contribution in [-0.4, -0.2) is 15.0 Å². The van der Waals surface area contributed by atoms with Crippen molar-refractivity contribution in [3.8, 4) is 0 Å². The molecule has 0 spiro atoms. The highest BCUT2D eigenvalue weighted by atomic mass is 14.9. The molecule has 0 aliphatic heterocycles. The van der Waals surface area contributed by atoms with Crippen LogP contribution in [0.5, 0.6) is 0 Å². The first-order valence-corrected chi connectivity index (χ1v) is 1.48. The van der Waals surface area contributed by atoms with Crippen molar-refractivity contribution in [3.05, 3.63) is 19.0 Å². The summed E-state index contributed by atoms with van der Waals surface area (Å²) in [5, 5.41) is 0. The lowest BCUT2D eigenvalue weighted by Crippen LogP contribution is -1.73. The van der Waals surface area contributed by atoms with Crippen LogP contribution < -0.4 is 0 Å². The number of hydrogen-bond acceptors (Lipinski definition) is 3. The van der Waals surface area contributed by atoms with E-state index >= 15 is 0 Å². The molecule has 6 heavy (non-hydrogen) atoms. The van der Waals surface area contributed by atoms with Crippen LogP contribution in [0, 0.1) is 0 Å². The maximum Gasteiger partial charge on any atom is 0.119 e. The molecule has 1 rings (SSSR count). The van der Waals surface area contributed by atoms with Crippen molar-refractivity contribution in [1.82, 2.24) is 15.0 Å². The third kappa shape index (κ3) is 0.484. The second-order valence-corrected chi connectivity index (χ2v) is 0.738. The van der Waals surface area contributed by atoms with Crippen molar-refractivity contribution in [2.75, 3.05) is 0 Å². The lowest BCUT2D eigenvalue weighted by molar-refractivity contribution is 1.05. The number of hydrogen-bond donors (Lipinski definition) is 0. The van der Waals surface area contributed by atoms with Gasteiger partial charge in [-0.15, -0.1) is 0 Å². The average Bonchev–Trinajstić information content (AvgIpc) is 1.69. The van der Waals surface area contributed by atoms with Crippen molar-refractivity contribution < 1.29 is 1.37 Å². The summed E-state index contributed by atoms with van der Waals surface area (Å²) in [6.45, 7) is 0. The third-order valence-corrected chi connectivity index (χ3v) is 0.364. The van der Waals surface area contributed by atoms with E-state index in [9.17, 15) is 0 Å². The van der Waals surface area contributed by atoms with Crippen LogP contribution in [0.2, 0.25) is 0 Å². The summed E-state index contributed by atoms with van der Waals surface area (Å²) in [6.07, 6.45) is 2.58. The smallest absolute Gasteiger partial charge is 0.119 e. The van der Waals surface area contributed by atoms with Crippen LogP contribution in [0.25, 0.3) is 0 Å². The standard InChI is InChI=1S/C3H3N3/c1-4-2-6-3-5-1/h1-3H/i1T. The minimum absolute atomic E-state index is 0.00926. The first kappa shape index (κ1) is 2.23. The summed E-state index contributed by atoms with van der Waals surface area (Å²) in [4.78, 5) is 10.4. The summed E-state index contributed by atoms with van der Waals surface area (Å²) in [6, 6.07) is 0. The molecule has 1 aromatic heterocycles. The van der Waals surface area contributed by atoms with E-state index in [4.69, 9.17) is 1.37 Å². The number of aromatic nitrogens is 3. The zero-order valence-corrected chi connectivity index (χ0v) is 3.00. The van der Waals surface area contributed by atoms with Crippen LogP contribution in [0.15, 0.2) is 19.0 Å². The van der Waals surface area contributed by atoms with E-state index in [1.165, 1.54) is 12.7 Å². The fourth-order valence-corrected chi connectivity index (χ4v) is 0.181. The van der Waals surface area contributed by atoms with Crippen LogP contribution in [-0.2, 0) is 0 Å². The minimum Gasteiger partial charge on any atom is -0.225 e. The molecule has 0 bridgehead atoms. The predicted octanol–water partition coefficient (Wildman–Crippen LogP) is -0.128. The summed E-state index contributed by atoms with van der Waals surface area (Å²) < 4.78 is 6.73. The second kappa shape index (κ2) is 1.45. The van der Waals surface area contributed by atoms with Gasteiger partial charge in [-0.1, -0.05) is 0 Å². The van der Waals surface area contributed by atoms with Gasteiger partial charge in [0.05, 0.1) is 0 Å². The van der Waals surface area contributed by atoms with E-state index in [-0.39, 0.29) is 6.30 Å². The Kier molecular flexibility index (Phi) is 0.538. The molecule has 0 atom stereocenters. The van der Waals surface area contributed by atoms with Gasteiger partial charge in [0.2, 0.25) is 0 Å². The maximum atomic E-state index is 6.73. The number of rotatable bonds is 0. The average molecular weight is 83.1 g/mol. The molecule has 0 aliphatic rings. The molecule has 0 aromatic carbocycles. The number of nitrogens with zero attached hydrogens (tertiary/aromatic N) is 3. The van der Waals surface area contributed by atoms with Gasteiger partial charge in [0.25, 0.3) is 0 Å². The van der Waals surface area contributed by atoms with Gasteiger partial charge in [-0.3, -0.25) is 0 Å². The Balaban J connectivity index is 3.02. The summed E-state index contributed by atoms with van der Waals surface area (Å²) in [5.74, 6) is 0. The normalized spacial score (nSPS) is 10.3.